The second-order valence-corrected chi connectivity index (χ2v) is 7.32. The first kappa shape index (κ1) is 21.4. The highest BCUT2D eigenvalue weighted by Gasteiger charge is 2.14. The van der Waals surface area contributed by atoms with Gasteiger partial charge in [-0.15, -0.1) is 0 Å². The molecule has 0 unspecified atom stereocenters. The van der Waals surface area contributed by atoms with Gasteiger partial charge in [-0.25, -0.2) is 9.78 Å². The van der Waals surface area contributed by atoms with E-state index in [1.165, 1.54) is 10.5 Å². The Morgan fingerprint density at radius 2 is 1.90 bits per heavy atom. The zero-order valence-electron chi connectivity index (χ0n) is 17.7. The molecule has 0 fully saturated rings. The van der Waals surface area contributed by atoms with E-state index in [9.17, 15) is 9.59 Å². The number of carbonyl (C=O) groups excluding carboxylic acids is 1. The van der Waals surface area contributed by atoms with E-state index in [0.717, 1.165) is 5.69 Å². The second kappa shape index (κ2) is 9.43. The second-order valence-electron chi connectivity index (χ2n) is 7.32. The monoisotopic (exact) mass is 410 g/mol. The lowest BCUT2D eigenvalue weighted by Crippen LogP contribution is -2.18. The summed E-state index contributed by atoms with van der Waals surface area (Å²) in [6.45, 7) is 8.70. The van der Waals surface area contributed by atoms with Crippen molar-refractivity contribution in [1.82, 2.24) is 9.38 Å². The number of rotatable bonds is 8. The Morgan fingerprint density at radius 1 is 1.10 bits per heavy atom. The van der Waals surface area contributed by atoms with Crippen molar-refractivity contribution >= 4 is 11.6 Å². The summed E-state index contributed by atoms with van der Waals surface area (Å²) >= 11 is 0. The van der Waals surface area contributed by atoms with Crippen LogP contribution in [-0.4, -0.2) is 28.6 Å². The zero-order valence-corrected chi connectivity index (χ0v) is 17.7. The average molecular weight is 410 g/mol. The van der Waals surface area contributed by atoms with E-state index in [1.807, 2.05) is 26.0 Å². The third-order valence-corrected chi connectivity index (χ3v) is 4.34. The third kappa shape index (κ3) is 4.97. The van der Waals surface area contributed by atoms with Crippen LogP contribution in [0.15, 0.2) is 47.3 Å². The van der Waals surface area contributed by atoms with Crippen molar-refractivity contribution in [2.75, 3.05) is 13.2 Å². The lowest BCUT2D eigenvalue weighted by molar-refractivity contribution is 0.0467. The van der Waals surface area contributed by atoms with Crippen LogP contribution in [0.2, 0.25) is 0 Å². The molecule has 0 bridgehead atoms. The third-order valence-electron chi connectivity index (χ3n) is 4.34. The van der Waals surface area contributed by atoms with Gasteiger partial charge in [-0.1, -0.05) is 19.9 Å². The van der Waals surface area contributed by atoms with Crippen molar-refractivity contribution in [3.63, 3.8) is 0 Å². The van der Waals surface area contributed by atoms with Crippen molar-refractivity contribution < 1.29 is 19.0 Å². The molecule has 158 valence electrons. The molecule has 7 nitrogen and oxygen atoms in total. The van der Waals surface area contributed by atoms with Crippen LogP contribution in [0, 0.1) is 12.8 Å². The molecule has 0 atom stereocenters. The highest BCUT2D eigenvalue weighted by molar-refractivity contribution is 5.90. The number of nitrogens with zero attached hydrogens (tertiary/aromatic N) is 2. The Hall–Kier alpha value is -3.35. The van der Waals surface area contributed by atoms with Crippen molar-refractivity contribution in [1.29, 1.82) is 0 Å². The molecule has 3 rings (SSSR count). The van der Waals surface area contributed by atoms with Crippen LogP contribution in [0.25, 0.3) is 5.65 Å². The number of hydrogen-bond donors (Lipinski definition) is 0. The molecule has 2 heterocycles. The molecule has 0 spiro atoms. The molecular weight excluding hydrogens is 384 g/mol. The molecule has 0 amide bonds. The number of hydrogen-bond acceptors (Lipinski definition) is 6. The predicted octanol–water partition coefficient (Wildman–Crippen LogP) is 3.79. The Kier molecular flexibility index (Phi) is 6.72. The molecule has 0 saturated heterocycles. The molecule has 0 N–H and O–H groups in total. The van der Waals surface area contributed by atoms with Gasteiger partial charge in [-0.05, 0) is 50.1 Å². The fourth-order valence-electron chi connectivity index (χ4n) is 2.94. The number of carbonyl (C=O) groups is 1. The molecule has 0 saturated carbocycles. The SMILES string of the molecule is CCOc1cc(C(=O)OCc2cc(=O)n3c(C)cccc3n2)ccc1OCC(C)C. The number of ether oxygens (including phenoxy) is 3. The lowest BCUT2D eigenvalue weighted by Gasteiger charge is -2.14. The molecule has 0 radical (unpaired) electrons. The van der Waals surface area contributed by atoms with E-state index < -0.39 is 5.97 Å². The standard InChI is InChI=1S/C23H26N2O5/c1-5-28-20-11-17(9-10-19(20)29-13-15(2)3)23(27)30-14-18-12-22(26)25-16(4)7-6-8-21(25)24-18/h6-12,15H,5,13-14H2,1-4H3. The van der Waals surface area contributed by atoms with E-state index in [4.69, 9.17) is 14.2 Å². The minimum Gasteiger partial charge on any atom is -0.490 e. The van der Waals surface area contributed by atoms with Gasteiger partial charge in [0.05, 0.1) is 24.5 Å². The number of aryl methyl sites for hydroxylation is 1. The van der Waals surface area contributed by atoms with Crippen molar-refractivity contribution in [3.05, 3.63) is 69.8 Å². The number of benzene rings is 1. The van der Waals surface area contributed by atoms with Gasteiger partial charge in [0.2, 0.25) is 0 Å². The van der Waals surface area contributed by atoms with Crippen LogP contribution in [0.4, 0.5) is 0 Å². The average Bonchev–Trinajstić information content (AvgIpc) is 2.71. The predicted molar refractivity (Wildman–Crippen MR) is 113 cm³/mol. The molecule has 0 aliphatic rings. The Morgan fingerprint density at radius 3 is 2.63 bits per heavy atom. The number of fused-ring (bicyclic) bond motifs is 1. The molecule has 0 aliphatic heterocycles. The van der Waals surface area contributed by atoms with Crippen LogP contribution in [0.1, 0.15) is 42.5 Å². The topological polar surface area (TPSA) is 79.1 Å². The van der Waals surface area contributed by atoms with E-state index in [2.05, 4.69) is 18.8 Å². The summed E-state index contributed by atoms with van der Waals surface area (Å²) in [7, 11) is 0. The minimum atomic E-state index is -0.530. The largest absolute Gasteiger partial charge is 0.490 e. The van der Waals surface area contributed by atoms with E-state index in [-0.39, 0.29) is 12.2 Å². The van der Waals surface area contributed by atoms with Gasteiger partial charge in [0.1, 0.15) is 12.3 Å². The summed E-state index contributed by atoms with van der Waals surface area (Å²) in [5.41, 5.74) is 1.81. The highest BCUT2D eigenvalue weighted by atomic mass is 16.5. The summed E-state index contributed by atoms with van der Waals surface area (Å²) in [6.07, 6.45) is 0. The van der Waals surface area contributed by atoms with Gasteiger partial charge in [-0.2, -0.15) is 0 Å². The van der Waals surface area contributed by atoms with Crippen LogP contribution < -0.4 is 15.0 Å². The Labute approximate surface area is 175 Å². The summed E-state index contributed by atoms with van der Waals surface area (Å²) in [5.74, 6) is 0.913. The van der Waals surface area contributed by atoms with Gasteiger partial charge in [0, 0.05) is 11.8 Å². The van der Waals surface area contributed by atoms with Crippen LogP contribution in [0.3, 0.4) is 0 Å². The fourth-order valence-corrected chi connectivity index (χ4v) is 2.94. The highest BCUT2D eigenvalue weighted by Crippen LogP contribution is 2.29. The first-order valence-corrected chi connectivity index (χ1v) is 9.94. The smallest absolute Gasteiger partial charge is 0.338 e. The fraction of sp³-hybridized carbons (Fsp3) is 0.348. The molecule has 30 heavy (non-hydrogen) atoms. The first-order valence-electron chi connectivity index (χ1n) is 9.94. The normalized spacial score (nSPS) is 11.0. The van der Waals surface area contributed by atoms with Crippen LogP contribution in [-0.2, 0) is 11.3 Å². The van der Waals surface area contributed by atoms with E-state index in [1.54, 1.807) is 24.3 Å². The van der Waals surface area contributed by atoms with Crippen molar-refractivity contribution in [2.45, 2.75) is 34.3 Å². The van der Waals surface area contributed by atoms with Crippen LogP contribution >= 0.6 is 0 Å². The van der Waals surface area contributed by atoms with Gasteiger partial charge in [0.25, 0.3) is 5.56 Å². The van der Waals surface area contributed by atoms with Gasteiger partial charge < -0.3 is 14.2 Å². The molecule has 0 aliphatic carbocycles. The van der Waals surface area contributed by atoms with Crippen molar-refractivity contribution in [2.24, 2.45) is 5.92 Å². The lowest BCUT2D eigenvalue weighted by atomic mass is 10.2. The van der Waals surface area contributed by atoms with Crippen LogP contribution in [0.5, 0.6) is 11.5 Å². The molecular formula is C23H26N2O5. The van der Waals surface area contributed by atoms with E-state index in [0.29, 0.717) is 47.5 Å². The number of esters is 1. The van der Waals surface area contributed by atoms with Gasteiger partial charge >= 0.3 is 5.97 Å². The van der Waals surface area contributed by atoms with Crippen molar-refractivity contribution in [3.8, 4) is 11.5 Å². The van der Waals surface area contributed by atoms with E-state index >= 15 is 0 Å². The molecule has 1 aromatic carbocycles. The number of aromatic nitrogens is 2. The first-order chi connectivity index (χ1) is 14.4. The number of pyridine rings is 1. The molecule has 2 aromatic heterocycles. The van der Waals surface area contributed by atoms with Gasteiger partial charge in [-0.3, -0.25) is 9.20 Å². The maximum Gasteiger partial charge on any atom is 0.338 e. The summed E-state index contributed by atoms with van der Waals surface area (Å²) in [6, 6.07) is 11.7. The molecule has 3 aromatic rings. The Balaban J connectivity index is 1.75. The van der Waals surface area contributed by atoms with Gasteiger partial charge in [0.15, 0.2) is 11.5 Å². The molecule has 7 heteroatoms. The maximum absolute atomic E-state index is 12.5. The summed E-state index contributed by atoms with van der Waals surface area (Å²) in [4.78, 5) is 29.3. The minimum absolute atomic E-state index is 0.103. The quantitative estimate of drug-likeness (QED) is 0.526. The Bertz CT molecular complexity index is 1100. The zero-order chi connectivity index (χ0) is 21.7. The maximum atomic E-state index is 12.5. The summed E-state index contributed by atoms with van der Waals surface area (Å²) < 4.78 is 18.2. The summed E-state index contributed by atoms with van der Waals surface area (Å²) in [5, 5.41) is 0.